The molecule has 7 nitrogen and oxygen atoms in total. The molecule has 1 N–H and O–H groups in total. The number of halogens is 1. The molecule has 2 rings (SSSR count). The van der Waals surface area contributed by atoms with Crippen molar-refractivity contribution in [1.82, 2.24) is 9.62 Å². The van der Waals surface area contributed by atoms with Crippen LogP contribution in [0.1, 0.15) is 22.8 Å². The maximum Gasteiger partial charge on any atom is 0.338 e. The lowest BCUT2D eigenvalue weighted by Crippen LogP contribution is -2.37. The molecule has 0 saturated carbocycles. The van der Waals surface area contributed by atoms with Gasteiger partial charge in [-0.25, -0.2) is 21.9 Å². The first kappa shape index (κ1) is 22.5. The molecule has 0 aliphatic carbocycles. The third-order valence-corrected chi connectivity index (χ3v) is 5.94. The highest BCUT2D eigenvalue weighted by Gasteiger charge is 2.22. The first-order valence-corrected chi connectivity index (χ1v) is 10.3. The van der Waals surface area contributed by atoms with Crippen LogP contribution in [0.15, 0.2) is 53.4 Å². The normalized spacial score (nSPS) is 12.4. The molecule has 0 bridgehead atoms. The van der Waals surface area contributed by atoms with Crippen LogP contribution in [0.25, 0.3) is 0 Å². The SMILES string of the molecule is CC(OC(=O)c1cccc(S(=O)(=O)N(C)C)c1)C(=O)NCCc1ccc(F)cc1. The summed E-state index contributed by atoms with van der Waals surface area (Å²) in [4.78, 5) is 24.4. The van der Waals surface area contributed by atoms with Crippen LogP contribution >= 0.6 is 0 Å². The Hall–Kier alpha value is -2.78. The van der Waals surface area contributed by atoms with Gasteiger partial charge in [-0.05, 0) is 49.2 Å². The van der Waals surface area contributed by atoms with Gasteiger partial charge in [-0.3, -0.25) is 4.79 Å². The van der Waals surface area contributed by atoms with Gasteiger partial charge in [0, 0.05) is 20.6 Å². The van der Waals surface area contributed by atoms with E-state index < -0.39 is 28.0 Å². The maximum absolute atomic E-state index is 12.9. The second kappa shape index (κ2) is 9.62. The number of hydrogen-bond donors (Lipinski definition) is 1. The quantitative estimate of drug-likeness (QED) is 0.657. The summed E-state index contributed by atoms with van der Waals surface area (Å²) in [6, 6.07) is 11.4. The van der Waals surface area contributed by atoms with E-state index in [-0.39, 0.29) is 16.3 Å². The van der Waals surface area contributed by atoms with Gasteiger partial charge in [-0.1, -0.05) is 18.2 Å². The average Bonchev–Trinajstić information content (AvgIpc) is 2.69. The topological polar surface area (TPSA) is 92.8 Å². The van der Waals surface area contributed by atoms with Crippen molar-refractivity contribution in [3.8, 4) is 0 Å². The van der Waals surface area contributed by atoms with Gasteiger partial charge in [-0.2, -0.15) is 0 Å². The number of nitrogens with zero attached hydrogens (tertiary/aromatic N) is 1. The molecule has 156 valence electrons. The predicted molar refractivity (Wildman–Crippen MR) is 105 cm³/mol. The molecule has 1 atom stereocenters. The molecule has 0 saturated heterocycles. The van der Waals surface area contributed by atoms with E-state index in [1.807, 2.05) is 0 Å². The number of benzene rings is 2. The fourth-order valence-corrected chi connectivity index (χ4v) is 3.35. The molecule has 1 amide bonds. The van der Waals surface area contributed by atoms with Gasteiger partial charge in [0.1, 0.15) is 5.82 Å². The number of nitrogens with one attached hydrogen (secondary N) is 1. The average molecular weight is 422 g/mol. The van der Waals surface area contributed by atoms with Crippen LogP contribution in [0, 0.1) is 5.82 Å². The third-order valence-electron chi connectivity index (χ3n) is 4.13. The van der Waals surface area contributed by atoms with Gasteiger partial charge in [0.2, 0.25) is 10.0 Å². The van der Waals surface area contributed by atoms with Gasteiger partial charge in [0.05, 0.1) is 10.5 Å². The standard InChI is InChI=1S/C20H23FN2O5S/c1-14(19(24)22-12-11-15-7-9-17(21)10-8-15)28-20(25)16-5-4-6-18(13-16)29(26,27)23(2)3/h4-10,13-14H,11-12H2,1-3H3,(H,22,24). The number of amides is 1. The molecular formula is C20H23FN2O5S. The Morgan fingerprint density at radius 3 is 2.41 bits per heavy atom. The molecule has 0 radical (unpaired) electrons. The highest BCUT2D eigenvalue weighted by atomic mass is 32.2. The summed E-state index contributed by atoms with van der Waals surface area (Å²) >= 11 is 0. The van der Waals surface area contributed by atoms with E-state index in [2.05, 4.69) is 5.32 Å². The smallest absolute Gasteiger partial charge is 0.338 e. The summed E-state index contributed by atoms with van der Waals surface area (Å²) < 4.78 is 43.4. The Balaban J connectivity index is 1.92. The first-order chi connectivity index (χ1) is 13.6. The number of sulfonamides is 1. The second-order valence-corrected chi connectivity index (χ2v) is 8.68. The minimum absolute atomic E-state index is 0.0267. The van der Waals surface area contributed by atoms with Gasteiger partial charge >= 0.3 is 5.97 Å². The zero-order valence-corrected chi connectivity index (χ0v) is 17.2. The molecule has 0 aromatic heterocycles. The van der Waals surface area contributed by atoms with E-state index in [9.17, 15) is 22.4 Å². The lowest BCUT2D eigenvalue weighted by atomic mass is 10.1. The fraction of sp³-hybridized carbons (Fsp3) is 0.300. The lowest BCUT2D eigenvalue weighted by molar-refractivity contribution is -0.129. The Morgan fingerprint density at radius 2 is 1.79 bits per heavy atom. The number of hydrogen-bond acceptors (Lipinski definition) is 5. The zero-order chi connectivity index (χ0) is 21.6. The number of esters is 1. The molecule has 2 aromatic rings. The highest BCUT2D eigenvalue weighted by Crippen LogP contribution is 2.16. The number of carbonyl (C=O) groups is 2. The summed E-state index contributed by atoms with van der Waals surface area (Å²) in [6.07, 6.45) is -0.568. The molecule has 0 spiro atoms. The summed E-state index contributed by atoms with van der Waals surface area (Å²) in [5.74, 6) is -1.62. The van der Waals surface area contributed by atoms with E-state index in [0.717, 1.165) is 9.87 Å². The molecule has 29 heavy (non-hydrogen) atoms. The molecule has 2 aromatic carbocycles. The van der Waals surface area contributed by atoms with Crippen molar-refractivity contribution in [1.29, 1.82) is 0 Å². The summed E-state index contributed by atoms with van der Waals surface area (Å²) in [5, 5.41) is 2.64. The monoisotopic (exact) mass is 422 g/mol. The minimum Gasteiger partial charge on any atom is -0.449 e. The molecule has 9 heteroatoms. The molecule has 1 unspecified atom stereocenters. The number of carbonyl (C=O) groups excluding carboxylic acids is 2. The highest BCUT2D eigenvalue weighted by molar-refractivity contribution is 7.89. The van der Waals surface area contributed by atoms with Crippen LogP contribution in [0.3, 0.4) is 0 Å². The van der Waals surface area contributed by atoms with E-state index >= 15 is 0 Å². The Labute approximate surface area is 169 Å². The van der Waals surface area contributed by atoms with Crippen molar-refractivity contribution in [3.63, 3.8) is 0 Å². The van der Waals surface area contributed by atoms with Gasteiger partial charge in [0.15, 0.2) is 6.10 Å². The number of rotatable bonds is 8. The third kappa shape index (κ3) is 6.10. The van der Waals surface area contributed by atoms with Gasteiger partial charge < -0.3 is 10.1 Å². The van der Waals surface area contributed by atoms with Gasteiger partial charge in [-0.15, -0.1) is 0 Å². The van der Waals surface area contributed by atoms with Crippen molar-refractivity contribution in [3.05, 3.63) is 65.5 Å². The van der Waals surface area contributed by atoms with Crippen LogP contribution in [-0.4, -0.2) is 51.3 Å². The van der Waals surface area contributed by atoms with Crippen LogP contribution < -0.4 is 5.32 Å². The molecule has 0 fully saturated rings. The van der Waals surface area contributed by atoms with Crippen molar-refractivity contribution in [2.75, 3.05) is 20.6 Å². The van der Waals surface area contributed by atoms with E-state index in [4.69, 9.17) is 4.74 Å². The molecule has 0 aliphatic heterocycles. The molecule has 0 heterocycles. The minimum atomic E-state index is -3.70. The fourth-order valence-electron chi connectivity index (χ4n) is 2.40. The van der Waals surface area contributed by atoms with E-state index in [0.29, 0.717) is 13.0 Å². The lowest BCUT2D eigenvalue weighted by Gasteiger charge is -2.15. The number of ether oxygens (including phenoxy) is 1. The largest absolute Gasteiger partial charge is 0.449 e. The van der Waals surface area contributed by atoms with E-state index in [1.165, 1.54) is 57.4 Å². The summed E-state index contributed by atoms with van der Waals surface area (Å²) in [6.45, 7) is 1.72. The second-order valence-electron chi connectivity index (χ2n) is 6.53. The summed E-state index contributed by atoms with van der Waals surface area (Å²) in [5.41, 5.74) is 0.883. The van der Waals surface area contributed by atoms with Crippen molar-refractivity contribution >= 4 is 21.9 Å². The maximum atomic E-state index is 12.9. The Kier molecular flexibility index (Phi) is 7.46. The van der Waals surface area contributed by atoms with Gasteiger partial charge in [0.25, 0.3) is 5.91 Å². The van der Waals surface area contributed by atoms with Crippen LogP contribution in [-0.2, 0) is 26.0 Å². The van der Waals surface area contributed by atoms with Crippen LogP contribution in [0.4, 0.5) is 4.39 Å². The van der Waals surface area contributed by atoms with Crippen LogP contribution in [0.2, 0.25) is 0 Å². The van der Waals surface area contributed by atoms with E-state index in [1.54, 1.807) is 12.1 Å². The van der Waals surface area contributed by atoms with Crippen molar-refractivity contribution in [2.24, 2.45) is 0 Å². The molecule has 0 aliphatic rings. The van der Waals surface area contributed by atoms with Crippen molar-refractivity contribution in [2.45, 2.75) is 24.3 Å². The van der Waals surface area contributed by atoms with Crippen molar-refractivity contribution < 1.29 is 27.1 Å². The summed E-state index contributed by atoms with van der Waals surface area (Å²) in [7, 11) is -0.921. The first-order valence-electron chi connectivity index (χ1n) is 8.87. The molecular weight excluding hydrogens is 399 g/mol. The predicted octanol–water partition coefficient (Wildman–Crippen LogP) is 1.98. The Morgan fingerprint density at radius 1 is 1.14 bits per heavy atom. The zero-order valence-electron chi connectivity index (χ0n) is 16.4. The Bertz CT molecular complexity index is 975. The van der Waals surface area contributed by atoms with Crippen LogP contribution in [0.5, 0.6) is 0 Å².